The van der Waals surface area contributed by atoms with Crippen molar-refractivity contribution in [3.63, 3.8) is 0 Å². The number of nitrogens with one attached hydrogen (secondary N) is 1. The molecule has 1 rings (SSSR count). The minimum atomic E-state index is 0.871. The smallest absolute Gasteiger partial charge is 0.0474 e. The third kappa shape index (κ3) is 5.06. The Kier molecular flexibility index (Phi) is 5.87. The van der Waals surface area contributed by atoms with Crippen molar-refractivity contribution in [2.24, 2.45) is 0 Å². The maximum Gasteiger partial charge on any atom is 0.0474 e. The van der Waals surface area contributed by atoms with E-state index in [9.17, 15) is 0 Å². The molecule has 0 fully saturated rings. The zero-order chi connectivity index (χ0) is 9.36. The minimum Gasteiger partial charge on any atom is -0.385 e. The van der Waals surface area contributed by atoms with Crippen LogP contribution in [0, 0.1) is 0 Å². The van der Waals surface area contributed by atoms with E-state index in [-0.39, 0.29) is 0 Å². The van der Waals surface area contributed by atoms with Crippen molar-refractivity contribution >= 4 is 0 Å². The quantitative estimate of drug-likeness (QED) is 0.482. The predicted octanol–water partition coefficient (Wildman–Crippen LogP) is 2.11. The number of ether oxygens (including phenoxy) is 1. The van der Waals surface area contributed by atoms with Crippen LogP contribution in [-0.2, 0) is 4.74 Å². The van der Waals surface area contributed by atoms with E-state index in [1.165, 1.54) is 25.7 Å². The van der Waals surface area contributed by atoms with Gasteiger partial charge in [-0.2, -0.15) is 0 Å². The van der Waals surface area contributed by atoms with Gasteiger partial charge in [0, 0.05) is 13.7 Å². The van der Waals surface area contributed by atoms with Crippen LogP contribution in [0.5, 0.6) is 0 Å². The minimum absolute atomic E-state index is 0.871. The molecule has 0 saturated heterocycles. The van der Waals surface area contributed by atoms with Crippen molar-refractivity contribution < 1.29 is 4.74 Å². The van der Waals surface area contributed by atoms with Crippen molar-refractivity contribution in [2.75, 3.05) is 26.8 Å². The fourth-order valence-corrected chi connectivity index (χ4v) is 1.68. The molecule has 0 atom stereocenters. The Bertz CT molecular complexity index is 154. The molecule has 2 heteroatoms. The first-order valence-corrected chi connectivity index (χ1v) is 5.31. The Morgan fingerprint density at radius 1 is 1.46 bits per heavy atom. The summed E-state index contributed by atoms with van der Waals surface area (Å²) < 4.78 is 4.97. The van der Waals surface area contributed by atoms with E-state index < -0.39 is 0 Å². The number of allylic oxidation sites excluding steroid dienone is 1. The van der Waals surface area contributed by atoms with Gasteiger partial charge in [0.05, 0.1) is 0 Å². The van der Waals surface area contributed by atoms with Crippen LogP contribution < -0.4 is 5.32 Å². The lowest BCUT2D eigenvalue weighted by Crippen LogP contribution is -2.18. The summed E-state index contributed by atoms with van der Waals surface area (Å²) >= 11 is 0. The average Bonchev–Trinajstić information content (AvgIpc) is 2.63. The molecule has 1 aliphatic rings. The van der Waals surface area contributed by atoms with Crippen molar-refractivity contribution in [1.82, 2.24) is 5.32 Å². The standard InChI is InChI=1S/C11H21NO/c1-13-10-4-8-12-9-7-11-5-2-3-6-11/h5,12H,2-4,6-10H2,1H3. The van der Waals surface area contributed by atoms with Crippen LogP contribution in [0.15, 0.2) is 11.6 Å². The van der Waals surface area contributed by atoms with Crippen molar-refractivity contribution in [2.45, 2.75) is 32.1 Å². The summed E-state index contributed by atoms with van der Waals surface area (Å²) in [6.45, 7) is 3.09. The van der Waals surface area contributed by atoms with Crippen molar-refractivity contribution in [1.29, 1.82) is 0 Å². The summed E-state index contributed by atoms with van der Waals surface area (Å²) in [4.78, 5) is 0. The lowest BCUT2D eigenvalue weighted by atomic mass is 10.2. The second kappa shape index (κ2) is 7.10. The summed E-state index contributed by atoms with van der Waals surface area (Å²) in [5.41, 5.74) is 1.65. The molecule has 2 nitrogen and oxygen atoms in total. The van der Waals surface area contributed by atoms with E-state index in [1.54, 1.807) is 12.7 Å². The molecule has 0 radical (unpaired) electrons. The molecule has 0 amide bonds. The zero-order valence-corrected chi connectivity index (χ0v) is 8.64. The SMILES string of the molecule is COCCCNCCC1=CCCC1. The largest absolute Gasteiger partial charge is 0.385 e. The Morgan fingerprint density at radius 2 is 2.38 bits per heavy atom. The van der Waals surface area contributed by atoms with Gasteiger partial charge in [-0.25, -0.2) is 0 Å². The summed E-state index contributed by atoms with van der Waals surface area (Å²) in [6.07, 6.45) is 8.77. The fourth-order valence-electron chi connectivity index (χ4n) is 1.68. The average molecular weight is 183 g/mol. The Labute approximate surface area is 81.4 Å². The third-order valence-electron chi connectivity index (χ3n) is 2.46. The van der Waals surface area contributed by atoms with Crippen molar-refractivity contribution in [3.8, 4) is 0 Å². The molecule has 0 heterocycles. The van der Waals surface area contributed by atoms with Gasteiger partial charge in [0.1, 0.15) is 0 Å². The van der Waals surface area contributed by atoms with Crippen LogP contribution in [0.25, 0.3) is 0 Å². The van der Waals surface area contributed by atoms with Crippen LogP contribution in [-0.4, -0.2) is 26.8 Å². The lowest BCUT2D eigenvalue weighted by molar-refractivity contribution is 0.194. The summed E-state index contributed by atoms with van der Waals surface area (Å²) in [6, 6.07) is 0. The van der Waals surface area contributed by atoms with Crippen LogP contribution >= 0.6 is 0 Å². The molecule has 1 N–H and O–H groups in total. The Morgan fingerprint density at radius 3 is 3.08 bits per heavy atom. The second-order valence-electron chi connectivity index (χ2n) is 3.60. The number of hydrogen-bond donors (Lipinski definition) is 1. The molecule has 0 aromatic heterocycles. The maximum atomic E-state index is 4.97. The molecule has 1 aliphatic carbocycles. The van der Waals surface area contributed by atoms with Crippen LogP contribution in [0.2, 0.25) is 0 Å². The monoisotopic (exact) mass is 183 g/mol. The van der Waals surface area contributed by atoms with Gasteiger partial charge in [0.2, 0.25) is 0 Å². The van der Waals surface area contributed by atoms with Crippen LogP contribution in [0.3, 0.4) is 0 Å². The first kappa shape index (κ1) is 10.7. The molecule has 0 unspecified atom stereocenters. The van der Waals surface area contributed by atoms with Gasteiger partial charge in [-0.3, -0.25) is 0 Å². The molecule has 0 bridgehead atoms. The number of methoxy groups -OCH3 is 1. The van der Waals surface area contributed by atoms with E-state index in [1.807, 2.05) is 0 Å². The van der Waals surface area contributed by atoms with Gasteiger partial charge in [0.15, 0.2) is 0 Å². The molecule has 0 aromatic carbocycles. The van der Waals surface area contributed by atoms with Crippen LogP contribution in [0.1, 0.15) is 32.1 Å². The lowest BCUT2D eigenvalue weighted by Gasteiger charge is -2.04. The molecule has 0 aliphatic heterocycles. The zero-order valence-electron chi connectivity index (χ0n) is 8.64. The molecule has 0 aromatic rings. The first-order chi connectivity index (χ1) is 6.43. The molecule has 76 valence electrons. The fraction of sp³-hybridized carbons (Fsp3) is 0.818. The van der Waals surface area contributed by atoms with Crippen molar-refractivity contribution in [3.05, 3.63) is 11.6 Å². The van der Waals surface area contributed by atoms with E-state index >= 15 is 0 Å². The van der Waals surface area contributed by atoms with Gasteiger partial charge in [-0.15, -0.1) is 0 Å². The summed E-state index contributed by atoms with van der Waals surface area (Å²) in [5.74, 6) is 0. The van der Waals surface area contributed by atoms with Gasteiger partial charge >= 0.3 is 0 Å². The third-order valence-corrected chi connectivity index (χ3v) is 2.46. The van der Waals surface area contributed by atoms with E-state index in [4.69, 9.17) is 4.74 Å². The highest BCUT2D eigenvalue weighted by Gasteiger charge is 2.02. The molecular weight excluding hydrogens is 162 g/mol. The van der Waals surface area contributed by atoms with Gasteiger partial charge in [-0.05, 0) is 45.2 Å². The normalized spacial score (nSPS) is 16.2. The molecule has 0 saturated carbocycles. The Hall–Kier alpha value is -0.340. The highest BCUT2D eigenvalue weighted by Crippen LogP contribution is 2.19. The van der Waals surface area contributed by atoms with Gasteiger partial charge < -0.3 is 10.1 Å². The highest BCUT2D eigenvalue weighted by atomic mass is 16.5. The van der Waals surface area contributed by atoms with Crippen LogP contribution in [0.4, 0.5) is 0 Å². The molecule has 0 spiro atoms. The Balaban J connectivity index is 1.83. The summed E-state index contributed by atoms with van der Waals surface area (Å²) in [5, 5.41) is 3.43. The van der Waals surface area contributed by atoms with Gasteiger partial charge in [-0.1, -0.05) is 11.6 Å². The van der Waals surface area contributed by atoms with E-state index in [0.29, 0.717) is 0 Å². The number of hydrogen-bond acceptors (Lipinski definition) is 2. The highest BCUT2D eigenvalue weighted by molar-refractivity contribution is 5.07. The number of rotatable bonds is 7. The molecule has 13 heavy (non-hydrogen) atoms. The molecular formula is C11H21NO. The van der Waals surface area contributed by atoms with Gasteiger partial charge in [0.25, 0.3) is 0 Å². The second-order valence-corrected chi connectivity index (χ2v) is 3.60. The first-order valence-electron chi connectivity index (χ1n) is 5.31. The van der Waals surface area contributed by atoms with E-state index in [0.717, 1.165) is 26.1 Å². The topological polar surface area (TPSA) is 21.3 Å². The summed E-state index contributed by atoms with van der Waals surface area (Å²) in [7, 11) is 1.75. The van der Waals surface area contributed by atoms with E-state index in [2.05, 4.69) is 11.4 Å². The maximum absolute atomic E-state index is 4.97. The predicted molar refractivity (Wildman–Crippen MR) is 55.9 cm³/mol.